The summed E-state index contributed by atoms with van der Waals surface area (Å²) in [5.41, 5.74) is 0.681. The molecule has 0 unspecified atom stereocenters. The van der Waals surface area contributed by atoms with E-state index in [2.05, 4.69) is 20.6 Å². The van der Waals surface area contributed by atoms with Crippen molar-refractivity contribution in [3.8, 4) is 5.75 Å². The first-order chi connectivity index (χ1) is 16.8. The fourth-order valence-corrected chi connectivity index (χ4v) is 4.21. The monoisotopic (exact) mass is 498 g/mol. The molecule has 10 heteroatoms. The minimum atomic E-state index is -0.738. The van der Waals surface area contributed by atoms with Gasteiger partial charge in [-0.15, -0.1) is 0 Å². The van der Waals surface area contributed by atoms with Crippen LogP contribution in [0.4, 0.5) is 10.1 Å². The number of imidazole rings is 1. The first kappa shape index (κ1) is 24.4. The second kappa shape index (κ2) is 10.7. The summed E-state index contributed by atoms with van der Waals surface area (Å²) in [6.45, 7) is 1.60. The van der Waals surface area contributed by atoms with Gasteiger partial charge in [0.05, 0.1) is 17.0 Å². The molecule has 2 aromatic carbocycles. The predicted octanol–water partition coefficient (Wildman–Crippen LogP) is 4.66. The molecule has 1 aliphatic carbocycles. The maximum Gasteiger partial charge on any atom is 0.364 e. The number of carbonyl (C=O) groups excluding carboxylic acids is 3. The Labute approximate surface area is 206 Å². The van der Waals surface area contributed by atoms with E-state index in [-0.39, 0.29) is 34.3 Å². The molecular formula is C25H24ClFN4O4. The second-order valence-corrected chi connectivity index (χ2v) is 8.83. The van der Waals surface area contributed by atoms with Crippen molar-refractivity contribution in [2.45, 2.75) is 38.6 Å². The van der Waals surface area contributed by atoms with Crippen LogP contribution >= 0.6 is 11.6 Å². The average molecular weight is 499 g/mol. The summed E-state index contributed by atoms with van der Waals surface area (Å²) in [4.78, 5) is 44.6. The van der Waals surface area contributed by atoms with E-state index >= 15 is 0 Å². The summed E-state index contributed by atoms with van der Waals surface area (Å²) in [5, 5.41) is 5.82. The SMILES string of the molecule is Cc1cc(NC(=O)[C@H]2CC[C@H](NC(=O)c3[nH]cnc3C(=O)Oc3ccccc3)CC2)c(Cl)cc1F. The van der Waals surface area contributed by atoms with Gasteiger partial charge in [-0.05, 0) is 62.4 Å². The van der Waals surface area contributed by atoms with Crippen molar-refractivity contribution < 1.29 is 23.5 Å². The Morgan fingerprint density at radius 1 is 1.11 bits per heavy atom. The smallest absolute Gasteiger partial charge is 0.364 e. The number of hydrogen-bond acceptors (Lipinski definition) is 5. The third-order valence-corrected chi connectivity index (χ3v) is 6.27. The quantitative estimate of drug-likeness (QED) is 0.338. The Kier molecular flexibility index (Phi) is 7.45. The van der Waals surface area contributed by atoms with Gasteiger partial charge in [0.25, 0.3) is 5.91 Å². The van der Waals surface area contributed by atoms with Crippen LogP contribution < -0.4 is 15.4 Å². The molecule has 3 N–H and O–H groups in total. The van der Waals surface area contributed by atoms with Gasteiger partial charge < -0.3 is 20.4 Å². The van der Waals surface area contributed by atoms with Gasteiger partial charge in [0.2, 0.25) is 5.91 Å². The van der Waals surface area contributed by atoms with E-state index in [9.17, 15) is 18.8 Å². The van der Waals surface area contributed by atoms with Crippen LogP contribution in [0.25, 0.3) is 0 Å². The molecule has 0 spiro atoms. The topological polar surface area (TPSA) is 113 Å². The third kappa shape index (κ3) is 5.86. The molecular weight excluding hydrogens is 475 g/mol. The Morgan fingerprint density at radius 2 is 1.83 bits per heavy atom. The number of para-hydroxylation sites is 1. The van der Waals surface area contributed by atoms with Crippen LogP contribution in [0.5, 0.6) is 5.75 Å². The molecule has 0 saturated heterocycles. The highest BCUT2D eigenvalue weighted by Gasteiger charge is 2.29. The largest absolute Gasteiger partial charge is 0.422 e. The fraction of sp³-hybridized carbons (Fsp3) is 0.280. The minimum absolute atomic E-state index is 0.0205. The van der Waals surface area contributed by atoms with Gasteiger partial charge in [-0.1, -0.05) is 29.8 Å². The molecule has 8 nitrogen and oxygen atoms in total. The molecule has 1 aromatic heterocycles. The number of aryl methyl sites for hydroxylation is 1. The maximum atomic E-state index is 13.6. The molecule has 1 saturated carbocycles. The maximum absolute atomic E-state index is 13.6. The zero-order valence-electron chi connectivity index (χ0n) is 18.9. The van der Waals surface area contributed by atoms with Crippen LogP contribution in [0.1, 0.15) is 52.2 Å². The molecule has 0 atom stereocenters. The summed E-state index contributed by atoms with van der Waals surface area (Å²) in [6.07, 6.45) is 3.54. The first-order valence-corrected chi connectivity index (χ1v) is 11.6. The number of halogens is 2. The molecule has 182 valence electrons. The molecule has 35 heavy (non-hydrogen) atoms. The predicted molar refractivity (Wildman–Crippen MR) is 128 cm³/mol. The standard InChI is InChI=1S/C25H24ClFN4O4/c1-14-11-20(18(26)12-19(14)27)31-23(32)15-7-9-16(10-8-15)30-24(33)21-22(29-13-28-21)25(34)35-17-5-3-2-4-6-17/h2-6,11-13,15-16H,7-10H2,1H3,(H,28,29)(H,30,33)(H,31,32)/t15-,16-. The van der Waals surface area contributed by atoms with Crippen molar-refractivity contribution >= 4 is 35.1 Å². The zero-order chi connectivity index (χ0) is 24.9. The van der Waals surface area contributed by atoms with Crippen LogP contribution in [-0.4, -0.2) is 33.8 Å². The first-order valence-electron chi connectivity index (χ1n) is 11.2. The molecule has 1 heterocycles. The number of anilines is 1. The molecule has 0 bridgehead atoms. The number of H-pyrrole nitrogens is 1. The van der Waals surface area contributed by atoms with E-state index in [1.165, 1.54) is 18.5 Å². The van der Waals surface area contributed by atoms with Crippen LogP contribution in [0.15, 0.2) is 48.8 Å². The summed E-state index contributed by atoms with van der Waals surface area (Å²) >= 11 is 6.05. The normalized spacial score (nSPS) is 17.5. The summed E-state index contributed by atoms with van der Waals surface area (Å²) in [6, 6.07) is 11.0. The van der Waals surface area contributed by atoms with Crippen molar-refractivity contribution in [1.82, 2.24) is 15.3 Å². The summed E-state index contributed by atoms with van der Waals surface area (Å²) in [7, 11) is 0. The number of amides is 2. The van der Waals surface area contributed by atoms with Gasteiger partial charge >= 0.3 is 5.97 Å². The Balaban J connectivity index is 1.31. The van der Waals surface area contributed by atoms with Gasteiger partial charge in [-0.25, -0.2) is 14.2 Å². The van der Waals surface area contributed by atoms with Gasteiger partial charge in [0.15, 0.2) is 5.69 Å². The zero-order valence-corrected chi connectivity index (χ0v) is 19.7. The van der Waals surface area contributed by atoms with Crippen LogP contribution in [0, 0.1) is 18.7 Å². The number of aromatic amines is 1. The lowest BCUT2D eigenvalue weighted by Gasteiger charge is -2.28. The molecule has 2 amide bonds. The summed E-state index contributed by atoms with van der Waals surface area (Å²) < 4.78 is 18.9. The van der Waals surface area contributed by atoms with Gasteiger partial charge in [0, 0.05) is 12.0 Å². The number of ether oxygens (including phenoxy) is 1. The lowest BCUT2D eigenvalue weighted by molar-refractivity contribution is -0.120. The molecule has 1 fully saturated rings. The van der Waals surface area contributed by atoms with Crippen molar-refractivity contribution in [2.24, 2.45) is 5.92 Å². The van der Waals surface area contributed by atoms with Crippen molar-refractivity contribution in [3.63, 3.8) is 0 Å². The van der Waals surface area contributed by atoms with Crippen molar-refractivity contribution in [3.05, 3.63) is 76.6 Å². The summed E-state index contributed by atoms with van der Waals surface area (Å²) in [5.74, 6) is -1.74. The van der Waals surface area contributed by atoms with Crippen molar-refractivity contribution in [1.29, 1.82) is 0 Å². The van der Waals surface area contributed by atoms with E-state index in [0.717, 1.165) is 0 Å². The van der Waals surface area contributed by atoms with E-state index in [0.29, 0.717) is 42.7 Å². The number of aromatic nitrogens is 2. The molecule has 4 rings (SSSR count). The van der Waals surface area contributed by atoms with Crippen LogP contribution in [0.2, 0.25) is 5.02 Å². The van der Waals surface area contributed by atoms with Crippen LogP contribution in [-0.2, 0) is 4.79 Å². The van der Waals surface area contributed by atoms with E-state index in [1.54, 1.807) is 37.3 Å². The average Bonchev–Trinajstić information content (AvgIpc) is 3.34. The molecule has 0 aliphatic heterocycles. The number of carbonyl (C=O) groups is 3. The van der Waals surface area contributed by atoms with Crippen molar-refractivity contribution in [2.75, 3.05) is 5.32 Å². The highest BCUT2D eigenvalue weighted by molar-refractivity contribution is 6.33. The highest BCUT2D eigenvalue weighted by atomic mass is 35.5. The molecule has 0 radical (unpaired) electrons. The number of nitrogens with one attached hydrogen (secondary N) is 3. The number of esters is 1. The minimum Gasteiger partial charge on any atom is -0.422 e. The van der Waals surface area contributed by atoms with Crippen LogP contribution in [0.3, 0.4) is 0 Å². The number of nitrogens with zero attached hydrogens (tertiary/aromatic N) is 1. The molecule has 1 aliphatic rings. The Bertz CT molecular complexity index is 1240. The van der Waals surface area contributed by atoms with Gasteiger partial charge in [-0.3, -0.25) is 9.59 Å². The van der Waals surface area contributed by atoms with E-state index in [4.69, 9.17) is 16.3 Å². The van der Waals surface area contributed by atoms with E-state index < -0.39 is 17.7 Å². The van der Waals surface area contributed by atoms with Gasteiger partial charge in [0.1, 0.15) is 17.3 Å². The third-order valence-electron chi connectivity index (χ3n) is 5.95. The fourth-order valence-electron chi connectivity index (χ4n) is 4.01. The Morgan fingerprint density at radius 3 is 2.54 bits per heavy atom. The lowest BCUT2D eigenvalue weighted by atomic mass is 9.85. The highest BCUT2D eigenvalue weighted by Crippen LogP contribution is 2.29. The van der Waals surface area contributed by atoms with Gasteiger partial charge in [-0.2, -0.15) is 0 Å². The lowest BCUT2D eigenvalue weighted by Crippen LogP contribution is -2.40. The number of hydrogen-bond donors (Lipinski definition) is 3. The van der Waals surface area contributed by atoms with E-state index in [1.807, 2.05) is 0 Å². The number of benzene rings is 2. The molecule has 3 aromatic rings. The number of rotatable bonds is 6. The second-order valence-electron chi connectivity index (χ2n) is 8.42. The Hall–Kier alpha value is -3.72.